The number of halogens is 5. The maximum absolute atomic E-state index is 13.8. The molecule has 2 aromatic carbocycles. The molecule has 0 aliphatic rings. The Morgan fingerprint density at radius 1 is 1.12 bits per heavy atom. The quantitative estimate of drug-likeness (QED) is 0.780. The summed E-state index contributed by atoms with van der Waals surface area (Å²) in [6, 6.07) is 5.84. The van der Waals surface area contributed by atoms with Crippen LogP contribution in [0, 0.1) is 5.82 Å². The van der Waals surface area contributed by atoms with E-state index in [1.807, 2.05) is 0 Å². The highest BCUT2D eigenvalue weighted by Gasteiger charge is 2.31. The van der Waals surface area contributed by atoms with E-state index in [-0.39, 0.29) is 22.3 Å². The Morgan fingerprint density at radius 2 is 1.79 bits per heavy atom. The monoisotopic (exact) mass is 363 g/mol. The molecular formula is C15H10ClF4NO3. The van der Waals surface area contributed by atoms with Crippen molar-refractivity contribution in [1.29, 1.82) is 0 Å². The maximum atomic E-state index is 13.8. The molecule has 0 unspecified atom stereocenters. The Hall–Kier alpha value is -2.48. The van der Waals surface area contributed by atoms with E-state index >= 15 is 0 Å². The van der Waals surface area contributed by atoms with Gasteiger partial charge in [0.25, 0.3) is 0 Å². The number of hydrogen-bond acceptors (Lipinski definition) is 3. The predicted octanol–water partition coefficient (Wildman–Crippen LogP) is 5.01. The van der Waals surface area contributed by atoms with Crippen LogP contribution in [0.1, 0.15) is 5.56 Å². The molecule has 0 saturated heterocycles. The molecule has 4 nitrogen and oxygen atoms in total. The summed E-state index contributed by atoms with van der Waals surface area (Å²) in [6.07, 6.45) is -5.39. The molecule has 1 amide bonds. The van der Waals surface area contributed by atoms with Gasteiger partial charge >= 0.3 is 12.3 Å². The lowest BCUT2D eigenvalue weighted by molar-refractivity contribution is -0.137. The summed E-state index contributed by atoms with van der Waals surface area (Å²) in [6.45, 7) is 0. The predicted molar refractivity (Wildman–Crippen MR) is 78.0 cm³/mol. The zero-order valence-corrected chi connectivity index (χ0v) is 12.8. The van der Waals surface area contributed by atoms with Crippen LogP contribution in [0.3, 0.4) is 0 Å². The van der Waals surface area contributed by atoms with Gasteiger partial charge in [-0.05, 0) is 30.3 Å². The third kappa shape index (κ3) is 4.29. The standard InChI is InChI=1S/C15H10ClF4NO3/c1-21-14(22)24-13-5-3-9(7-11(13)17)23-12-4-2-8(6-10(12)16)15(18,19)20/h2-7H,1H3,(H,21,22). The highest BCUT2D eigenvalue weighted by Crippen LogP contribution is 2.36. The van der Waals surface area contributed by atoms with Crippen LogP contribution in [0.4, 0.5) is 22.4 Å². The van der Waals surface area contributed by atoms with Gasteiger partial charge in [0.1, 0.15) is 11.5 Å². The Labute approximate surface area is 138 Å². The summed E-state index contributed by atoms with van der Waals surface area (Å²) in [5, 5.41) is 1.87. The van der Waals surface area contributed by atoms with E-state index in [2.05, 4.69) is 10.1 Å². The molecule has 0 fully saturated rings. The van der Waals surface area contributed by atoms with Crippen molar-refractivity contribution in [3.05, 3.63) is 52.8 Å². The van der Waals surface area contributed by atoms with Crippen molar-refractivity contribution in [1.82, 2.24) is 5.32 Å². The van der Waals surface area contributed by atoms with Crippen LogP contribution in [0.25, 0.3) is 0 Å². The van der Waals surface area contributed by atoms with Gasteiger partial charge in [-0.25, -0.2) is 9.18 Å². The summed E-state index contributed by atoms with van der Waals surface area (Å²) in [7, 11) is 1.31. The van der Waals surface area contributed by atoms with Gasteiger partial charge in [-0.15, -0.1) is 0 Å². The van der Waals surface area contributed by atoms with Crippen molar-refractivity contribution in [2.75, 3.05) is 7.05 Å². The van der Waals surface area contributed by atoms with Crippen molar-refractivity contribution in [3.8, 4) is 17.2 Å². The minimum absolute atomic E-state index is 0.0292. The second-order valence-electron chi connectivity index (χ2n) is 4.48. The first-order chi connectivity index (χ1) is 11.2. The highest BCUT2D eigenvalue weighted by molar-refractivity contribution is 6.32. The first-order valence-corrected chi connectivity index (χ1v) is 6.82. The van der Waals surface area contributed by atoms with Crippen LogP contribution in [-0.4, -0.2) is 13.1 Å². The molecule has 0 atom stereocenters. The number of rotatable bonds is 3. The number of nitrogens with one attached hydrogen (secondary N) is 1. The van der Waals surface area contributed by atoms with Crippen molar-refractivity contribution in [2.24, 2.45) is 0 Å². The smallest absolute Gasteiger partial charge is 0.416 e. The molecular weight excluding hydrogens is 354 g/mol. The normalized spacial score (nSPS) is 11.1. The minimum Gasteiger partial charge on any atom is -0.456 e. The van der Waals surface area contributed by atoms with Gasteiger partial charge < -0.3 is 14.8 Å². The van der Waals surface area contributed by atoms with Crippen LogP contribution in [0.15, 0.2) is 36.4 Å². The minimum atomic E-state index is -4.53. The van der Waals surface area contributed by atoms with E-state index in [0.717, 1.165) is 24.3 Å². The summed E-state index contributed by atoms with van der Waals surface area (Å²) < 4.78 is 61.4. The summed E-state index contributed by atoms with van der Waals surface area (Å²) in [4.78, 5) is 11.0. The van der Waals surface area contributed by atoms with E-state index in [1.54, 1.807) is 0 Å². The number of ether oxygens (including phenoxy) is 2. The van der Waals surface area contributed by atoms with Gasteiger partial charge in [-0.2, -0.15) is 13.2 Å². The zero-order chi connectivity index (χ0) is 17.9. The Morgan fingerprint density at radius 3 is 2.33 bits per heavy atom. The number of amides is 1. The number of alkyl halides is 3. The van der Waals surface area contributed by atoms with E-state index in [9.17, 15) is 22.4 Å². The number of hydrogen-bond donors (Lipinski definition) is 1. The average Bonchev–Trinajstić information content (AvgIpc) is 2.50. The van der Waals surface area contributed by atoms with Crippen molar-refractivity contribution in [2.45, 2.75) is 6.18 Å². The van der Waals surface area contributed by atoms with E-state index in [1.165, 1.54) is 13.1 Å². The van der Waals surface area contributed by atoms with Crippen LogP contribution in [0.2, 0.25) is 5.02 Å². The van der Waals surface area contributed by atoms with Gasteiger partial charge in [0.05, 0.1) is 10.6 Å². The maximum Gasteiger partial charge on any atom is 0.416 e. The fourth-order valence-electron chi connectivity index (χ4n) is 1.67. The summed E-state index contributed by atoms with van der Waals surface area (Å²) >= 11 is 5.75. The van der Waals surface area contributed by atoms with Gasteiger partial charge in [0, 0.05) is 13.1 Å². The molecule has 2 aromatic rings. The number of benzene rings is 2. The third-order valence-corrected chi connectivity index (χ3v) is 3.09. The second kappa shape index (κ2) is 6.96. The molecule has 0 spiro atoms. The Balaban J connectivity index is 2.20. The van der Waals surface area contributed by atoms with Crippen molar-refractivity contribution < 1.29 is 31.8 Å². The molecule has 0 saturated carbocycles. The van der Waals surface area contributed by atoms with Crippen LogP contribution >= 0.6 is 11.6 Å². The Kier molecular flexibility index (Phi) is 5.18. The molecule has 0 bridgehead atoms. The third-order valence-electron chi connectivity index (χ3n) is 2.80. The fourth-order valence-corrected chi connectivity index (χ4v) is 1.88. The summed E-state index contributed by atoms with van der Waals surface area (Å²) in [5.74, 6) is -1.33. The molecule has 0 aromatic heterocycles. The van der Waals surface area contributed by atoms with Gasteiger partial charge in [0.15, 0.2) is 11.6 Å². The lowest BCUT2D eigenvalue weighted by Crippen LogP contribution is -2.22. The van der Waals surface area contributed by atoms with Gasteiger partial charge in [-0.1, -0.05) is 11.6 Å². The molecule has 0 aliphatic heterocycles. The van der Waals surface area contributed by atoms with E-state index in [4.69, 9.17) is 16.3 Å². The molecule has 9 heteroatoms. The van der Waals surface area contributed by atoms with Crippen LogP contribution < -0.4 is 14.8 Å². The van der Waals surface area contributed by atoms with Crippen LogP contribution in [0.5, 0.6) is 17.2 Å². The van der Waals surface area contributed by atoms with E-state index in [0.29, 0.717) is 6.07 Å². The zero-order valence-electron chi connectivity index (χ0n) is 12.1. The Bertz CT molecular complexity index is 765. The molecule has 0 radical (unpaired) electrons. The molecule has 0 heterocycles. The topological polar surface area (TPSA) is 47.6 Å². The fraction of sp³-hybridized carbons (Fsp3) is 0.133. The lowest BCUT2D eigenvalue weighted by Gasteiger charge is -2.12. The summed E-state index contributed by atoms with van der Waals surface area (Å²) in [5.41, 5.74) is -0.930. The largest absolute Gasteiger partial charge is 0.456 e. The SMILES string of the molecule is CNC(=O)Oc1ccc(Oc2ccc(C(F)(F)F)cc2Cl)cc1F. The van der Waals surface area contributed by atoms with E-state index < -0.39 is 23.7 Å². The first kappa shape index (κ1) is 17.9. The van der Waals surface area contributed by atoms with Crippen LogP contribution in [-0.2, 0) is 6.18 Å². The van der Waals surface area contributed by atoms with Crippen molar-refractivity contribution >= 4 is 17.7 Å². The lowest BCUT2D eigenvalue weighted by atomic mass is 10.2. The molecule has 2 rings (SSSR count). The molecule has 0 aliphatic carbocycles. The first-order valence-electron chi connectivity index (χ1n) is 6.44. The number of carbonyl (C=O) groups excluding carboxylic acids is 1. The molecule has 24 heavy (non-hydrogen) atoms. The van der Waals surface area contributed by atoms with Gasteiger partial charge in [0.2, 0.25) is 0 Å². The van der Waals surface area contributed by atoms with Crippen molar-refractivity contribution in [3.63, 3.8) is 0 Å². The molecule has 1 N–H and O–H groups in total. The average molecular weight is 364 g/mol. The van der Waals surface area contributed by atoms with Gasteiger partial charge in [-0.3, -0.25) is 0 Å². The number of carbonyl (C=O) groups is 1. The highest BCUT2D eigenvalue weighted by atomic mass is 35.5. The molecule has 128 valence electrons. The second-order valence-corrected chi connectivity index (χ2v) is 4.88.